The van der Waals surface area contributed by atoms with Crippen LogP contribution in [0.25, 0.3) is 11.5 Å². The Morgan fingerprint density at radius 3 is 2.79 bits per heavy atom. The Bertz CT molecular complexity index is 549. The normalized spacial score (nSPS) is 11.0. The number of aromatic nitrogens is 2. The second-order valence-corrected chi connectivity index (χ2v) is 4.72. The maximum Gasteiger partial charge on any atom is 0.247 e. The van der Waals surface area contributed by atoms with Crippen molar-refractivity contribution in [3.8, 4) is 17.2 Å². The molecule has 19 heavy (non-hydrogen) atoms. The monoisotopic (exact) mass is 261 g/mol. The molecule has 0 unspecified atom stereocenters. The number of hydrogen-bond acceptors (Lipinski definition) is 5. The largest absolute Gasteiger partial charge is 0.496 e. The Hall–Kier alpha value is -1.88. The van der Waals surface area contributed by atoms with Gasteiger partial charge in [-0.1, -0.05) is 19.9 Å². The van der Waals surface area contributed by atoms with Gasteiger partial charge in [-0.15, -0.1) is 10.2 Å². The average Bonchev–Trinajstić information content (AvgIpc) is 2.86. The third kappa shape index (κ3) is 3.32. The summed E-state index contributed by atoms with van der Waals surface area (Å²) in [7, 11) is 1.65. The maximum atomic E-state index is 5.62. The molecule has 0 aliphatic rings. The van der Waals surface area contributed by atoms with E-state index in [-0.39, 0.29) is 0 Å². The summed E-state index contributed by atoms with van der Waals surface area (Å²) in [5.41, 5.74) is 1.94. The SMILES string of the molecule is COc1cc(-c2nnc(CNC(C)C)o2)ccc1C. The molecule has 1 N–H and O–H groups in total. The molecular weight excluding hydrogens is 242 g/mol. The molecule has 0 saturated heterocycles. The smallest absolute Gasteiger partial charge is 0.247 e. The molecule has 5 nitrogen and oxygen atoms in total. The van der Waals surface area contributed by atoms with Crippen LogP contribution >= 0.6 is 0 Å². The molecule has 2 rings (SSSR count). The predicted octanol–water partition coefficient (Wildman–Crippen LogP) is 2.55. The second kappa shape index (κ2) is 5.84. The quantitative estimate of drug-likeness (QED) is 0.896. The van der Waals surface area contributed by atoms with Crippen molar-refractivity contribution in [1.82, 2.24) is 15.5 Å². The number of ether oxygens (including phenoxy) is 1. The Labute approximate surface area is 113 Å². The summed E-state index contributed by atoms with van der Waals surface area (Å²) in [5.74, 6) is 1.92. The lowest BCUT2D eigenvalue weighted by molar-refractivity contribution is 0.411. The summed E-state index contributed by atoms with van der Waals surface area (Å²) in [6.45, 7) is 6.71. The van der Waals surface area contributed by atoms with Gasteiger partial charge >= 0.3 is 0 Å². The Morgan fingerprint density at radius 1 is 1.32 bits per heavy atom. The summed E-state index contributed by atoms with van der Waals surface area (Å²) in [6.07, 6.45) is 0. The van der Waals surface area contributed by atoms with Crippen LogP contribution < -0.4 is 10.1 Å². The van der Waals surface area contributed by atoms with Crippen molar-refractivity contribution in [2.24, 2.45) is 0 Å². The molecule has 0 radical (unpaired) electrons. The lowest BCUT2D eigenvalue weighted by atomic mass is 10.1. The molecule has 0 saturated carbocycles. The van der Waals surface area contributed by atoms with E-state index in [1.165, 1.54) is 0 Å². The minimum Gasteiger partial charge on any atom is -0.496 e. The molecule has 0 bridgehead atoms. The Balaban J connectivity index is 2.18. The first-order valence-electron chi connectivity index (χ1n) is 6.31. The van der Waals surface area contributed by atoms with E-state index < -0.39 is 0 Å². The summed E-state index contributed by atoms with van der Waals surface area (Å²) < 4.78 is 10.9. The highest BCUT2D eigenvalue weighted by Crippen LogP contribution is 2.25. The molecule has 1 heterocycles. The van der Waals surface area contributed by atoms with E-state index in [4.69, 9.17) is 9.15 Å². The van der Waals surface area contributed by atoms with Crippen molar-refractivity contribution in [2.75, 3.05) is 7.11 Å². The van der Waals surface area contributed by atoms with Gasteiger partial charge in [-0.3, -0.25) is 0 Å². The standard InChI is InChI=1S/C14H19N3O2/c1-9(2)15-8-13-16-17-14(19-13)11-6-5-10(3)12(7-11)18-4/h5-7,9,15H,8H2,1-4H3. The molecule has 0 fully saturated rings. The van der Waals surface area contributed by atoms with Crippen LogP contribution in [0.4, 0.5) is 0 Å². The molecule has 0 aliphatic heterocycles. The molecular formula is C14H19N3O2. The van der Waals surface area contributed by atoms with Gasteiger partial charge in [-0.05, 0) is 24.6 Å². The zero-order chi connectivity index (χ0) is 13.8. The highest BCUT2D eigenvalue weighted by atomic mass is 16.5. The van der Waals surface area contributed by atoms with Gasteiger partial charge in [0.2, 0.25) is 11.8 Å². The van der Waals surface area contributed by atoms with Crippen molar-refractivity contribution in [3.63, 3.8) is 0 Å². The summed E-state index contributed by atoms with van der Waals surface area (Å²) in [4.78, 5) is 0. The van der Waals surface area contributed by atoms with Crippen LogP contribution in [0, 0.1) is 6.92 Å². The molecule has 102 valence electrons. The zero-order valence-electron chi connectivity index (χ0n) is 11.7. The summed E-state index contributed by atoms with van der Waals surface area (Å²) in [6, 6.07) is 6.22. The molecule has 0 atom stereocenters. The van der Waals surface area contributed by atoms with Crippen LogP contribution in [0.5, 0.6) is 5.75 Å². The fourth-order valence-corrected chi connectivity index (χ4v) is 1.69. The maximum absolute atomic E-state index is 5.62. The fraction of sp³-hybridized carbons (Fsp3) is 0.429. The molecule has 1 aromatic carbocycles. The second-order valence-electron chi connectivity index (χ2n) is 4.72. The van der Waals surface area contributed by atoms with Crippen molar-refractivity contribution in [3.05, 3.63) is 29.7 Å². The van der Waals surface area contributed by atoms with Gasteiger partial charge in [-0.25, -0.2) is 0 Å². The number of hydrogen-bond donors (Lipinski definition) is 1. The van der Waals surface area contributed by atoms with Gasteiger partial charge in [0.25, 0.3) is 0 Å². The van der Waals surface area contributed by atoms with Gasteiger partial charge in [0.05, 0.1) is 13.7 Å². The molecule has 0 spiro atoms. The first kappa shape index (κ1) is 13.5. The minimum absolute atomic E-state index is 0.384. The van der Waals surface area contributed by atoms with E-state index >= 15 is 0 Å². The summed E-state index contributed by atoms with van der Waals surface area (Å²) in [5, 5.41) is 11.3. The predicted molar refractivity (Wildman–Crippen MR) is 73.0 cm³/mol. The Kier molecular flexibility index (Phi) is 4.16. The van der Waals surface area contributed by atoms with Crippen LogP contribution in [-0.4, -0.2) is 23.3 Å². The van der Waals surface area contributed by atoms with Gasteiger partial charge in [0.15, 0.2) is 0 Å². The lowest BCUT2D eigenvalue weighted by Crippen LogP contribution is -2.21. The number of aryl methyl sites for hydroxylation is 1. The third-order valence-corrected chi connectivity index (χ3v) is 2.78. The first-order chi connectivity index (χ1) is 9.10. The highest BCUT2D eigenvalue weighted by molar-refractivity contribution is 5.57. The number of methoxy groups -OCH3 is 1. The minimum atomic E-state index is 0.384. The number of nitrogens with one attached hydrogen (secondary N) is 1. The van der Waals surface area contributed by atoms with Crippen molar-refractivity contribution in [1.29, 1.82) is 0 Å². The van der Waals surface area contributed by atoms with Gasteiger partial charge < -0.3 is 14.5 Å². The van der Waals surface area contributed by atoms with Crippen molar-refractivity contribution in [2.45, 2.75) is 33.4 Å². The van der Waals surface area contributed by atoms with Crippen LogP contribution in [0.2, 0.25) is 0 Å². The summed E-state index contributed by atoms with van der Waals surface area (Å²) >= 11 is 0. The molecule has 0 amide bonds. The first-order valence-corrected chi connectivity index (χ1v) is 6.31. The van der Waals surface area contributed by atoms with Crippen LogP contribution in [0.15, 0.2) is 22.6 Å². The van der Waals surface area contributed by atoms with E-state index in [2.05, 4.69) is 29.4 Å². The molecule has 1 aromatic heterocycles. The number of rotatable bonds is 5. The van der Waals surface area contributed by atoms with E-state index in [1.807, 2.05) is 25.1 Å². The number of benzene rings is 1. The Morgan fingerprint density at radius 2 is 2.11 bits per heavy atom. The molecule has 5 heteroatoms. The average molecular weight is 261 g/mol. The van der Waals surface area contributed by atoms with Crippen molar-refractivity contribution >= 4 is 0 Å². The molecule has 0 aliphatic carbocycles. The van der Waals surface area contributed by atoms with Gasteiger partial charge in [-0.2, -0.15) is 0 Å². The van der Waals surface area contributed by atoms with Gasteiger partial charge in [0, 0.05) is 11.6 Å². The topological polar surface area (TPSA) is 60.2 Å². The third-order valence-electron chi connectivity index (χ3n) is 2.78. The van der Waals surface area contributed by atoms with E-state index in [0.29, 0.717) is 24.4 Å². The van der Waals surface area contributed by atoms with Gasteiger partial charge in [0.1, 0.15) is 5.75 Å². The van der Waals surface area contributed by atoms with E-state index in [9.17, 15) is 0 Å². The molecule has 2 aromatic rings. The lowest BCUT2D eigenvalue weighted by Gasteiger charge is -2.05. The number of nitrogens with zero attached hydrogens (tertiary/aromatic N) is 2. The van der Waals surface area contributed by atoms with Crippen LogP contribution in [0.3, 0.4) is 0 Å². The van der Waals surface area contributed by atoms with Crippen LogP contribution in [-0.2, 0) is 6.54 Å². The zero-order valence-corrected chi connectivity index (χ0v) is 11.7. The van der Waals surface area contributed by atoms with E-state index in [0.717, 1.165) is 16.9 Å². The van der Waals surface area contributed by atoms with Crippen molar-refractivity contribution < 1.29 is 9.15 Å². The van der Waals surface area contributed by atoms with Crippen LogP contribution in [0.1, 0.15) is 25.3 Å². The highest BCUT2D eigenvalue weighted by Gasteiger charge is 2.10. The van der Waals surface area contributed by atoms with E-state index in [1.54, 1.807) is 7.11 Å². The fourth-order valence-electron chi connectivity index (χ4n) is 1.69.